The molecule has 1 aromatic rings. The number of fused-ring (bicyclic) bond motifs is 1. The molecule has 1 N–H and O–H groups in total. The van der Waals surface area contributed by atoms with Gasteiger partial charge in [0.15, 0.2) is 6.10 Å². The van der Waals surface area contributed by atoms with Gasteiger partial charge in [-0.15, -0.1) is 0 Å². The summed E-state index contributed by atoms with van der Waals surface area (Å²) in [5.41, 5.74) is 0.694. The van der Waals surface area contributed by atoms with Gasteiger partial charge in [0, 0.05) is 12.5 Å². The Hall–Kier alpha value is -1.62. The number of aliphatic carboxylic acids is 1. The largest absolute Gasteiger partial charge is 0.478 e. The molecule has 0 amide bonds. The van der Waals surface area contributed by atoms with E-state index in [9.17, 15) is 13.6 Å². The predicted molar refractivity (Wildman–Crippen MR) is 66.8 cm³/mol. The second-order valence-electron chi connectivity index (χ2n) is 4.52. The number of carbonyl (C=O) groups is 1. The van der Waals surface area contributed by atoms with Crippen LogP contribution in [0.2, 0.25) is 5.02 Å². The molecule has 0 fully saturated rings. The Labute approximate surface area is 113 Å². The number of rotatable bonds is 2. The lowest BCUT2D eigenvalue weighted by atomic mass is 9.97. The first-order valence-electron chi connectivity index (χ1n) is 5.49. The topological polar surface area (TPSA) is 46.5 Å². The summed E-state index contributed by atoms with van der Waals surface area (Å²) in [5.74, 6) is -4.67. The third-order valence-electron chi connectivity index (χ3n) is 2.75. The Morgan fingerprint density at radius 3 is 2.63 bits per heavy atom. The van der Waals surface area contributed by atoms with Crippen LogP contribution in [0.5, 0.6) is 5.75 Å². The van der Waals surface area contributed by atoms with Crippen LogP contribution in [-0.2, 0) is 4.79 Å². The fourth-order valence-electron chi connectivity index (χ4n) is 1.96. The molecule has 0 bridgehead atoms. The smallest absolute Gasteiger partial charge is 0.335 e. The molecule has 6 heteroatoms. The molecule has 3 nitrogen and oxygen atoms in total. The molecular weight excluding hydrogens is 278 g/mol. The molecule has 1 aliphatic rings. The van der Waals surface area contributed by atoms with E-state index >= 15 is 0 Å². The van der Waals surface area contributed by atoms with Gasteiger partial charge in [-0.25, -0.2) is 13.6 Å². The Bertz CT molecular complexity index is 576. The van der Waals surface area contributed by atoms with Crippen molar-refractivity contribution in [2.24, 2.45) is 0 Å². The van der Waals surface area contributed by atoms with Crippen LogP contribution < -0.4 is 4.74 Å². The van der Waals surface area contributed by atoms with E-state index in [-0.39, 0.29) is 10.8 Å². The highest BCUT2D eigenvalue weighted by molar-refractivity contribution is 6.32. The van der Waals surface area contributed by atoms with Gasteiger partial charge in [0.2, 0.25) is 0 Å². The Balaban J connectivity index is 2.61. The number of halogens is 3. The van der Waals surface area contributed by atoms with Gasteiger partial charge in [-0.3, -0.25) is 0 Å². The van der Waals surface area contributed by atoms with Gasteiger partial charge in [0.05, 0.1) is 10.6 Å². The Kier molecular flexibility index (Phi) is 3.26. The molecule has 0 saturated carbocycles. The molecule has 19 heavy (non-hydrogen) atoms. The predicted octanol–water partition coefficient (Wildman–Crippen LogP) is 3.53. The monoisotopic (exact) mass is 288 g/mol. The molecule has 0 radical (unpaired) electrons. The number of hydrogen-bond donors (Lipinski definition) is 1. The van der Waals surface area contributed by atoms with Crippen molar-refractivity contribution in [1.29, 1.82) is 0 Å². The number of ether oxygens (including phenoxy) is 1. The van der Waals surface area contributed by atoms with E-state index in [1.165, 1.54) is 6.08 Å². The average Bonchev–Trinajstić information content (AvgIpc) is 2.25. The van der Waals surface area contributed by atoms with Crippen LogP contribution in [-0.4, -0.2) is 23.1 Å². The molecular formula is C13H11ClF2O3. The second-order valence-corrected chi connectivity index (χ2v) is 4.93. The van der Waals surface area contributed by atoms with Crippen LogP contribution in [0.4, 0.5) is 8.78 Å². The van der Waals surface area contributed by atoms with Gasteiger partial charge >= 0.3 is 5.97 Å². The number of aryl methyl sites for hydroxylation is 1. The first-order chi connectivity index (χ1) is 8.70. The fourth-order valence-corrected chi connectivity index (χ4v) is 2.29. The van der Waals surface area contributed by atoms with Gasteiger partial charge in [0.25, 0.3) is 5.92 Å². The third-order valence-corrected chi connectivity index (χ3v) is 3.03. The van der Waals surface area contributed by atoms with Crippen LogP contribution in [0.3, 0.4) is 0 Å². The van der Waals surface area contributed by atoms with Crippen molar-refractivity contribution in [3.05, 3.63) is 33.9 Å². The lowest BCUT2D eigenvalue weighted by Crippen LogP contribution is -2.41. The summed E-state index contributed by atoms with van der Waals surface area (Å²) in [5, 5.41) is 9.21. The Morgan fingerprint density at radius 2 is 2.11 bits per heavy atom. The van der Waals surface area contributed by atoms with Crippen molar-refractivity contribution < 1.29 is 23.4 Å². The molecule has 0 aromatic heterocycles. The maximum atomic E-state index is 13.5. The highest BCUT2D eigenvalue weighted by Crippen LogP contribution is 2.40. The first kappa shape index (κ1) is 13.8. The normalized spacial score (nSPS) is 18.4. The molecule has 0 aliphatic carbocycles. The number of hydrogen-bond acceptors (Lipinski definition) is 2. The van der Waals surface area contributed by atoms with Gasteiger partial charge in [-0.1, -0.05) is 11.6 Å². The highest BCUT2D eigenvalue weighted by Gasteiger charge is 2.44. The van der Waals surface area contributed by atoms with E-state index in [4.69, 9.17) is 21.4 Å². The third kappa shape index (κ3) is 2.56. The summed E-state index contributed by atoms with van der Waals surface area (Å²) in [6, 6.07) is 3.21. The number of carboxylic acids is 1. The van der Waals surface area contributed by atoms with Crippen LogP contribution >= 0.6 is 11.6 Å². The van der Waals surface area contributed by atoms with Gasteiger partial charge in [0.1, 0.15) is 5.75 Å². The summed E-state index contributed by atoms with van der Waals surface area (Å²) in [4.78, 5) is 11.1. The summed E-state index contributed by atoms with van der Waals surface area (Å²) in [6.07, 6.45) is -0.667. The number of benzene rings is 1. The van der Waals surface area contributed by atoms with Gasteiger partial charge in [-0.05, 0) is 30.7 Å². The van der Waals surface area contributed by atoms with Gasteiger partial charge in [-0.2, -0.15) is 0 Å². The van der Waals surface area contributed by atoms with E-state index in [1.54, 1.807) is 19.1 Å². The van der Waals surface area contributed by atoms with E-state index in [2.05, 4.69) is 0 Å². The maximum Gasteiger partial charge on any atom is 0.335 e. The van der Waals surface area contributed by atoms with Crippen molar-refractivity contribution in [3.8, 4) is 5.75 Å². The quantitative estimate of drug-likeness (QED) is 0.905. The molecule has 1 atom stereocenters. The molecule has 2 rings (SSSR count). The SMILES string of the molecule is Cc1cc(Cl)c2c(c1)C=C(C(=O)O)C(C(C)(F)F)O2. The number of alkyl halides is 2. The molecule has 1 aromatic carbocycles. The van der Waals surface area contributed by atoms with Gasteiger partial charge < -0.3 is 9.84 Å². The minimum atomic E-state index is -3.32. The molecule has 102 valence electrons. The van der Waals surface area contributed by atoms with Crippen molar-refractivity contribution in [2.45, 2.75) is 25.9 Å². The summed E-state index contributed by atoms with van der Waals surface area (Å²) in [6.45, 7) is 2.38. The van der Waals surface area contributed by atoms with Crippen LogP contribution in [0, 0.1) is 6.92 Å². The van der Waals surface area contributed by atoms with Crippen LogP contribution in [0.25, 0.3) is 6.08 Å². The molecule has 0 saturated heterocycles. The van der Waals surface area contributed by atoms with Crippen molar-refractivity contribution in [2.75, 3.05) is 0 Å². The maximum absolute atomic E-state index is 13.5. The average molecular weight is 289 g/mol. The summed E-state index contributed by atoms with van der Waals surface area (Å²) in [7, 11) is 0. The summed E-state index contributed by atoms with van der Waals surface area (Å²) < 4.78 is 32.0. The Morgan fingerprint density at radius 1 is 1.47 bits per heavy atom. The van der Waals surface area contributed by atoms with Crippen molar-refractivity contribution in [1.82, 2.24) is 0 Å². The second kappa shape index (κ2) is 4.49. The van der Waals surface area contributed by atoms with Crippen molar-refractivity contribution in [3.63, 3.8) is 0 Å². The zero-order chi connectivity index (χ0) is 14.4. The minimum absolute atomic E-state index is 0.0868. The lowest BCUT2D eigenvalue weighted by Gasteiger charge is -2.30. The zero-order valence-electron chi connectivity index (χ0n) is 10.2. The minimum Gasteiger partial charge on any atom is -0.478 e. The lowest BCUT2D eigenvalue weighted by molar-refractivity contribution is -0.137. The van der Waals surface area contributed by atoms with Crippen LogP contribution in [0.15, 0.2) is 17.7 Å². The molecule has 1 unspecified atom stereocenters. The highest BCUT2D eigenvalue weighted by atomic mass is 35.5. The fraction of sp³-hybridized carbons (Fsp3) is 0.308. The van der Waals surface area contributed by atoms with Crippen molar-refractivity contribution >= 4 is 23.6 Å². The first-order valence-corrected chi connectivity index (χ1v) is 5.87. The van der Waals surface area contributed by atoms with E-state index < -0.39 is 23.6 Å². The number of carboxylic acid groups (broad SMARTS) is 1. The van der Waals surface area contributed by atoms with E-state index in [0.717, 1.165) is 5.56 Å². The molecule has 1 heterocycles. The van der Waals surface area contributed by atoms with E-state index in [1.807, 2.05) is 0 Å². The summed E-state index contributed by atoms with van der Waals surface area (Å²) >= 11 is 5.94. The zero-order valence-corrected chi connectivity index (χ0v) is 11.0. The van der Waals surface area contributed by atoms with Crippen LogP contribution in [0.1, 0.15) is 18.1 Å². The standard InChI is InChI=1S/C13H11ClF2O3/c1-6-3-7-5-8(12(17)18)11(13(2,15)16)19-10(7)9(14)4-6/h3-5,11H,1-2H3,(H,17,18). The van der Waals surface area contributed by atoms with E-state index in [0.29, 0.717) is 12.5 Å². The molecule has 0 spiro atoms. The molecule has 1 aliphatic heterocycles.